The molecule has 35 heavy (non-hydrogen) atoms. The first-order chi connectivity index (χ1) is 16.9. The van der Waals surface area contributed by atoms with E-state index in [9.17, 15) is 22.0 Å². The number of rotatable bonds is 3. The summed E-state index contributed by atoms with van der Waals surface area (Å²) in [5, 5.41) is 0.0470. The van der Waals surface area contributed by atoms with Crippen molar-refractivity contribution in [3.05, 3.63) is 125 Å². The van der Waals surface area contributed by atoms with Gasteiger partial charge in [-0.25, -0.2) is 22.0 Å². The van der Waals surface area contributed by atoms with Crippen LogP contribution in [-0.2, 0) is 0 Å². The van der Waals surface area contributed by atoms with E-state index in [0.717, 1.165) is 6.07 Å². The van der Waals surface area contributed by atoms with Crippen molar-refractivity contribution in [2.24, 2.45) is 0 Å². The molecule has 0 aromatic heterocycles. The predicted molar refractivity (Wildman–Crippen MR) is 124 cm³/mol. The summed E-state index contributed by atoms with van der Waals surface area (Å²) in [6, 6.07) is 13.3. The van der Waals surface area contributed by atoms with Gasteiger partial charge < -0.3 is 4.74 Å². The third-order valence-electron chi connectivity index (χ3n) is 4.93. The summed E-state index contributed by atoms with van der Waals surface area (Å²) in [7, 11) is 0. The topological polar surface area (TPSA) is 9.23 Å². The van der Waals surface area contributed by atoms with Gasteiger partial charge >= 0.3 is 0 Å². The fourth-order valence-corrected chi connectivity index (χ4v) is 3.20. The minimum absolute atomic E-state index is 0.0713. The third kappa shape index (κ3) is 5.34. The first kappa shape index (κ1) is 23.6. The van der Waals surface area contributed by atoms with E-state index in [1.54, 1.807) is 12.1 Å². The molecule has 0 atom stereocenters. The minimum Gasteiger partial charge on any atom is -0.489 e. The highest BCUT2D eigenvalue weighted by Gasteiger charge is 2.13. The normalized spacial score (nSPS) is 10.2. The summed E-state index contributed by atoms with van der Waals surface area (Å²) >= 11 is 0. The maximum Gasteiger partial charge on any atom is 0.195 e. The smallest absolute Gasteiger partial charge is 0.195 e. The molecular formula is C29H15F5O. The van der Waals surface area contributed by atoms with Gasteiger partial charge in [-0.1, -0.05) is 42.4 Å². The second-order valence-corrected chi connectivity index (χ2v) is 7.36. The Morgan fingerprint density at radius 1 is 0.657 bits per heavy atom. The Hall–Kier alpha value is -4.55. The molecule has 0 aliphatic carbocycles. The van der Waals surface area contributed by atoms with Crippen molar-refractivity contribution in [2.75, 3.05) is 6.61 Å². The van der Waals surface area contributed by atoms with Crippen LogP contribution >= 0.6 is 0 Å². The molecule has 4 aromatic rings. The lowest BCUT2D eigenvalue weighted by molar-refractivity contribution is 0.361. The molecule has 4 rings (SSSR count). The van der Waals surface area contributed by atoms with Gasteiger partial charge in [-0.2, -0.15) is 0 Å². The average molecular weight is 474 g/mol. The summed E-state index contributed by atoms with van der Waals surface area (Å²) in [4.78, 5) is 0. The van der Waals surface area contributed by atoms with Gasteiger partial charge in [-0.15, -0.1) is 0 Å². The zero-order valence-corrected chi connectivity index (χ0v) is 18.1. The van der Waals surface area contributed by atoms with Crippen LogP contribution in [0, 0.1) is 52.8 Å². The number of benzene rings is 4. The number of ether oxygens (including phenoxy) is 1. The van der Waals surface area contributed by atoms with Crippen molar-refractivity contribution in [3.8, 4) is 29.4 Å². The lowest BCUT2D eigenvalue weighted by Gasteiger charge is -2.03. The van der Waals surface area contributed by atoms with E-state index in [-0.39, 0.29) is 28.5 Å². The van der Waals surface area contributed by atoms with E-state index >= 15 is 0 Å². The highest BCUT2D eigenvalue weighted by Crippen LogP contribution is 2.24. The van der Waals surface area contributed by atoms with Crippen LogP contribution < -0.4 is 4.74 Å². The first-order valence-electron chi connectivity index (χ1n) is 10.3. The summed E-state index contributed by atoms with van der Waals surface area (Å²) < 4.78 is 74.7. The van der Waals surface area contributed by atoms with Gasteiger partial charge in [0.25, 0.3) is 0 Å². The molecule has 0 N–H and O–H groups in total. The van der Waals surface area contributed by atoms with Crippen LogP contribution in [0.2, 0.25) is 0 Å². The second kappa shape index (κ2) is 10.2. The van der Waals surface area contributed by atoms with Crippen LogP contribution in [0.3, 0.4) is 0 Å². The van der Waals surface area contributed by atoms with Crippen molar-refractivity contribution in [1.82, 2.24) is 0 Å². The van der Waals surface area contributed by atoms with Crippen LogP contribution in [-0.4, -0.2) is 6.61 Å². The Morgan fingerprint density at radius 2 is 1.29 bits per heavy atom. The summed E-state index contributed by atoms with van der Waals surface area (Å²) in [6.45, 7) is 3.77. The molecule has 0 bridgehead atoms. The Kier molecular flexibility index (Phi) is 6.85. The fraction of sp³-hybridized carbons (Fsp3) is 0.0345. The maximum absolute atomic E-state index is 14.5. The molecule has 0 aliphatic rings. The monoisotopic (exact) mass is 474 g/mol. The molecule has 1 nitrogen and oxygen atoms in total. The Labute approximate surface area is 198 Å². The van der Waals surface area contributed by atoms with E-state index in [2.05, 4.69) is 30.3 Å². The second-order valence-electron chi connectivity index (χ2n) is 7.36. The van der Waals surface area contributed by atoms with Gasteiger partial charge in [0.05, 0.1) is 11.1 Å². The SMILES string of the molecule is C=CCOc1ccc(C#Cc2ccc(C#Cc3ccc4c(F)c(F)c(F)cc4c3)c(F)c2)c(F)c1. The van der Waals surface area contributed by atoms with Gasteiger partial charge in [-0.05, 0) is 53.9 Å². The zero-order valence-electron chi connectivity index (χ0n) is 18.1. The highest BCUT2D eigenvalue weighted by atomic mass is 19.2. The van der Waals surface area contributed by atoms with E-state index in [1.165, 1.54) is 48.5 Å². The van der Waals surface area contributed by atoms with Crippen LogP contribution in [0.4, 0.5) is 22.0 Å². The Morgan fingerprint density at radius 3 is 1.94 bits per heavy atom. The maximum atomic E-state index is 14.5. The van der Waals surface area contributed by atoms with E-state index in [1.807, 2.05) is 0 Å². The van der Waals surface area contributed by atoms with E-state index in [4.69, 9.17) is 4.74 Å². The zero-order chi connectivity index (χ0) is 24.9. The van der Waals surface area contributed by atoms with Crippen molar-refractivity contribution < 1.29 is 26.7 Å². The third-order valence-corrected chi connectivity index (χ3v) is 4.93. The number of fused-ring (bicyclic) bond motifs is 1. The molecular weight excluding hydrogens is 459 g/mol. The summed E-state index contributed by atoms with van der Waals surface area (Å²) in [5.41, 5.74) is 0.881. The summed E-state index contributed by atoms with van der Waals surface area (Å²) in [6.07, 6.45) is 1.54. The van der Waals surface area contributed by atoms with Crippen molar-refractivity contribution >= 4 is 10.8 Å². The van der Waals surface area contributed by atoms with Gasteiger partial charge in [0.2, 0.25) is 0 Å². The molecule has 0 saturated carbocycles. The van der Waals surface area contributed by atoms with E-state index < -0.39 is 29.1 Å². The standard InChI is InChI=1S/C29H15F5O/c1-2-13-35-23-11-10-21(26(31)17-23)9-5-19-4-8-20(25(30)15-19)7-3-18-6-12-24-22(14-18)16-27(32)29(34)28(24)33/h2,4,6,8,10-12,14-17H,1,13H2. The minimum atomic E-state index is -1.54. The molecule has 0 aliphatic heterocycles. The molecule has 4 aromatic carbocycles. The molecule has 0 saturated heterocycles. The van der Waals surface area contributed by atoms with Crippen molar-refractivity contribution in [1.29, 1.82) is 0 Å². The molecule has 0 heterocycles. The molecule has 0 radical (unpaired) electrons. The van der Waals surface area contributed by atoms with Crippen LogP contribution in [0.25, 0.3) is 10.8 Å². The van der Waals surface area contributed by atoms with Gasteiger partial charge in [0, 0.05) is 22.6 Å². The average Bonchev–Trinajstić information content (AvgIpc) is 2.85. The van der Waals surface area contributed by atoms with Gasteiger partial charge in [-0.3, -0.25) is 0 Å². The van der Waals surface area contributed by atoms with Gasteiger partial charge in [0.15, 0.2) is 17.5 Å². The van der Waals surface area contributed by atoms with Crippen LogP contribution in [0.5, 0.6) is 5.75 Å². The largest absolute Gasteiger partial charge is 0.489 e. The predicted octanol–water partition coefficient (Wildman–Crippen LogP) is 6.90. The van der Waals surface area contributed by atoms with Crippen LogP contribution in [0.1, 0.15) is 22.3 Å². The van der Waals surface area contributed by atoms with Crippen molar-refractivity contribution in [3.63, 3.8) is 0 Å². The quantitative estimate of drug-likeness (QED) is 0.136. The van der Waals surface area contributed by atoms with Gasteiger partial charge in [0.1, 0.15) is 24.0 Å². The number of halogens is 5. The lowest BCUT2D eigenvalue weighted by atomic mass is 10.1. The molecule has 6 heteroatoms. The molecule has 172 valence electrons. The molecule has 0 unspecified atom stereocenters. The molecule has 0 amide bonds. The Bertz CT molecular complexity index is 1580. The van der Waals surface area contributed by atoms with E-state index in [0.29, 0.717) is 16.9 Å². The molecule has 0 spiro atoms. The summed E-state index contributed by atoms with van der Waals surface area (Å²) in [5.74, 6) is 5.74. The number of hydrogen-bond acceptors (Lipinski definition) is 1. The molecule has 0 fully saturated rings. The first-order valence-corrected chi connectivity index (χ1v) is 10.3. The van der Waals surface area contributed by atoms with Crippen molar-refractivity contribution in [2.45, 2.75) is 0 Å². The highest BCUT2D eigenvalue weighted by molar-refractivity contribution is 5.84. The Balaban J connectivity index is 1.55. The fourth-order valence-electron chi connectivity index (χ4n) is 3.20. The lowest BCUT2D eigenvalue weighted by Crippen LogP contribution is -1.94. The van der Waals surface area contributed by atoms with Crippen LogP contribution in [0.15, 0.2) is 73.3 Å². The number of hydrogen-bond donors (Lipinski definition) is 0.